The van der Waals surface area contributed by atoms with Crippen LogP contribution in [0.2, 0.25) is 10.0 Å². The lowest BCUT2D eigenvalue weighted by atomic mass is 9.86. The lowest BCUT2D eigenvalue weighted by Gasteiger charge is -2.34. The highest BCUT2D eigenvalue weighted by Gasteiger charge is 2.39. The lowest BCUT2D eigenvalue weighted by molar-refractivity contribution is -0.151. The Kier molecular flexibility index (Phi) is 4.85. The van der Waals surface area contributed by atoms with Crippen LogP contribution in [0.1, 0.15) is 18.4 Å². The molecule has 1 aromatic carbocycles. The zero-order chi connectivity index (χ0) is 13.9. The van der Waals surface area contributed by atoms with E-state index in [9.17, 15) is 4.79 Å². The molecule has 0 aliphatic carbocycles. The molecule has 5 heteroatoms. The maximum absolute atomic E-state index is 12.5. The van der Waals surface area contributed by atoms with Gasteiger partial charge in [0, 0.05) is 49.6 Å². The van der Waals surface area contributed by atoms with Crippen LogP contribution in [0.15, 0.2) is 18.2 Å². The first-order valence-electron chi connectivity index (χ1n) is 6.17. The first kappa shape index (κ1) is 14.8. The summed E-state index contributed by atoms with van der Waals surface area (Å²) in [5, 5.41) is 1.13. The molecule has 1 aromatic rings. The van der Waals surface area contributed by atoms with Crippen molar-refractivity contribution in [3.8, 4) is 0 Å². The molecule has 1 aliphatic heterocycles. The molecule has 0 unspecified atom stereocenters. The normalized spacial score (nSPS) is 18.3. The van der Waals surface area contributed by atoms with Crippen LogP contribution in [0.5, 0.6) is 0 Å². The summed E-state index contributed by atoms with van der Waals surface area (Å²) < 4.78 is 10.8. The summed E-state index contributed by atoms with van der Waals surface area (Å²) in [6.07, 6.45) is 1.40. The molecule has 1 saturated heterocycles. The van der Waals surface area contributed by atoms with Gasteiger partial charge in [0.25, 0.3) is 0 Å². The number of hydrogen-bond donors (Lipinski definition) is 0. The van der Waals surface area contributed by atoms with Crippen molar-refractivity contribution in [1.29, 1.82) is 0 Å². The molecule has 1 aliphatic rings. The van der Waals surface area contributed by atoms with E-state index >= 15 is 0 Å². The van der Waals surface area contributed by atoms with E-state index in [1.807, 2.05) is 0 Å². The molecule has 0 N–H and O–H groups in total. The van der Waals surface area contributed by atoms with Gasteiger partial charge in [-0.05, 0) is 23.8 Å². The van der Waals surface area contributed by atoms with Crippen LogP contribution in [0.3, 0.4) is 0 Å². The maximum atomic E-state index is 12.5. The van der Waals surface area contributed by atoms with Gasteiger partial charge in [0.1, 0.15) is 5.60 Å². The average molecular weight is 303 g/mol. The Morgan fingerprint density at radius 2 is 2.05 bits per heavy atom. The Morgan fingerprint density at radius 1 is 1.37 bits per heavy atom. The fraction of sp³-hybridized carbons (Fsp3) is 0.500. The zero-order valence-corrected chi connectivity index (χ0v) is 12.3. The Bertz CT molecular complexity index is 468. The summed E-state index contributed by atoms with van der Waals surface area (Å²) in [5.74, 6) is 0.0301. The second kappa shape index (κ2) is 6.23. The number of Topliss-reactive ketones (excluding diaryl/α,β-unsaturated/α-hetero) is 1. The van der Waals surface area contributed by atoms with Crippen LogP contribution >= 0.6 is 23.2 Å². The molecule has 0 aromatic heterocycles. The molecule has 0 amide bonds. The van der Waals surface area contributed by atoms with Crippen molar-refractivity contribution in [2.24, 2.45) is 0 Å². The van der Waals surface area contributed by atoms with Crippen LogP contribution in [-0.4, -0.2) is 31.7 Å². The van der Waals surface area contributed by atoms with Crippen molar-refractivity contribution < 1.29 is 14.3 Å². The lowest BCUT2D eigenvalue weighted by Crippen LogP contribution is -2.46. The summed E-state index contributed by atoms with van der Waals surface area (Å²) >= 11 is 12.0. The molecule has 0 bridgehead atoms. The van der Waals surface area contributed by atoms with Gasteiger partial charge < -0.3 is 9.47 Å². The van der Waals surface area contributed by atoms with Crippen molar-refractivity contribution in [3.63, 3.8) is 0 Å². The van der Waals surface area contributed by atoms with Crippen molar-refractivity contribution in [3.05, 3.63) is 33.8 Å². The Labute approximate surface area is 122 Å². The molecule has 0 saturated carbocycles. The van der Waals surface area contributed by atoms with E-state index in [0.29, 0.717) is 36.1 Å². The fourth-order valence-electron chi connectivity index (χ4n) is 2.31. The Morgan fingerprint density at radius 3 is 2.68 bits per heavy atom. The molecule has 19 heavy (non-hydrogen) atoms. The van der Waals surface area contributed by atoms with Gasteiger partial charge in [-0.1, -0.05) is 23.2 Å². The minimum atomic E-state index is -0.746. The second-order valence-electron chi connectivity index (χ2n) is 4.65. The van der Waals surface area contributed by atoms with E-state index < -0.39 is 5.60 Å². The number of rotatable bonds is 4. The van der Waals surface area contributed by atoms with E-state index in [1.54, 1.807) is 25.3 Å². The van der Waals surface area contributed by atoms with E-state index in [2.05, 4.69) is 0 Å². The quantitative estimate of drug-likeness (QED) is 0.856. The van der Waals surface area contributed by atoms with Crippen molar-refractivity contribution in [1.82, 2.24) is 0 Å². The van der Waals surface area contributed by atoms with Gasteiger partial charge in [-0.2, -0.15) is 0 Å². The van der Waals surface area contributed by atoms with Crippen LogP contribution in [0, 0.1) is 0 Å². The molecule has 0 radical (unpaired) electrons. The zero-order valence-electron chi connectivity index (χ0n) is 10.7. The van der Waals surface area contributed by atoms with Crippen LogP contribution in [0.25, 0.3) is 0 Å². The predicted molar refractivity (Wildman–Crippen MR) is 75.0 cm³/mol. The summed E-state index contributed by atoms with van der Waals surface area (Å²) in [7, 11) is 1.57. The molecular weight excluding hydrogens is 287 g/mol. The first-order chi connectivity index (χ1) is 9.07. The van der Waals surface area contributed by atoms with Gasteiger partial charge in [-0.3, -0.25) is 4.79 Å². The molecular formula is C14H16Cl2O3. The summed E-state index contributed by atoms with van der Waals surface area (Å²) in [6.45, 7) is 1.09. The molecule has 1 fully saturated rings. The van der Waals surface area contributed by atoms with Crippen LogP contribution < -0.4 is 0 Å². The molecule has 0 spiro atoms. The maximum Gasteiger partial charge on any atom is 0.169 e. The number of ketones is 1. The van der Waals surface area contributed by atoms with Crippen LogP contribution in [0.4, 0.5) is 0 Å². The largest absolute Gasteiger partial charge is 0.381 e. The van der Waals surface area contributed by atoms with Gasteiger partial charge in [-0.15, -0.1) is 0 Å². The monoisotopic (exact) mass is 302 g/mol. The van der Waals surface area contributed by atoms with E-state index in [1.165, 1.54) is 0 Å². The second-order valence-corrected chi connectivity index (χ2v) is 5.49. The smallest absolute Gasteiger partial charge is 0.169 e. The topological polar surface area (TPSA) is 35.5 Å². The minimum Gasteiger partial charge on any atom is -0.381 e. The number of hydrogen-bond acceptors (Lipinski definition) is 3. The minimum absolute atomic E-state index is 0.0301. The molecule has 0 atom stereocenters. The standard InChI is InChI=1S/C14H16Cl2O3/c1-18-14(4-6-19-7-5-14)13(17)9-10-8-11(15)2-3-12(10)16/h2-3,8H,4-7,9H2,1H3. The predicted octanol–water partition coefficient (Wildman–Crippen LogP) is 3.30. The third-order valence-corrected chi connectivity index (χ3v) is 4.16. The Hall–Kier alpha value is -0.610. The van der Waals surface area contributed by atoms with Gasteiger partial charge in [0.05, 0.1) is 0 Å². The number of carbonyl (C=O) groups excluding carboxylic acids is 1. The fourth-order valence-corrected chi connectivity index (χ4v) is 2.69. The van der Waals surface area contributed by atoms with Crippen molar-refractivity contribution in [2.75, 3.05) is 20.3 Å². The number of carbonyl (C=O) groups is 1. The summed E-state index contributed by atoms with van der Waals surface area (Å²) in [5.41, 5.74) is -0.00809. The third kappa shape index (κ3) is 3.29. The molecule has 3 nitrogen and oxygen atoms in total. The highest BCUT2D eigenvalue weighted by Crippen LogP contribution is 2.29. The van der Waals surface area contributed by atoms with E-state index in [-0.39, 0.29) is 12.2 Å². The van der Waals surface area contributed by atoms with Gasteiger partial charge in [0.15, 0.2) is 5.78 Å². The summed E-state index contributed by atoms with van der Waals surface area (Å²) in [4.78, 5) is 12.5. The molecule has 104 valence electrons. The van der Waals surface area contributed by atoms with Gasteiger partial charge in [0.2, 0.25) is 0 Å². The van der Waals surface area contributed by atoms with E-state index in [0.717, 1.165) is 5.56 Å². The number of benzene rings is 1. The van der Waals surface area contributed by atoms with Crippen molar-refractivity contribution >= 4 is 29.0 Å². The molecule has 2 rings (SSSR count). The Balaban J connectivity index is 2.17. The first-order valence-corrected chi connectivity index (χ1v) is 6.93. The van der Waals surface area contributed by atoms with Gasteiger partial charge >= 0.3 is 0 Å². The summed E-state index contributed by atoms with van der Waals surface area (Å²) in [6, 6.07) is 5.14. The number of methoxy groups -OCH3 is 1. The highest BCUT2D eigenvalue weighted by atomic mass is 35.5. The highest BCUT2D eigenvalue weighted by molar-refractivity contribution is 6.33. The number of halogens is 2. The third-order valence-electron chi connectivity index (χ3n) is 3.56. The average Bonchev–Trinajstić information content (AvgIpc) is 2.43. The van der Waals surface area contributed by atoms with E-state index in [4.69, 9.17) is 32.7 Å². The SMILES string of the molecule is COC1(C(=O)Cc2cc(Cl)ccc2Cl)CCOCC1. The van der Waals surface area contributed by atoms with Crippen molar-refractivity contribution in [2.45, 2.75) is 24.9 Å². The van der Waals surface area contributed by atoms with Crippen LogP contribution in [-0.2, 0) is 20.7 Å². The molecule has 1 heterocycles. The van der Waals surface area contributed by atoms with Gasteiger partial charge in [-0.25, -0.2) is 0 Å². The number of ether oxygens (including phenoxy) is 2.